The Labute approximate surface area is 147 Å². The first-order chi connectivity index (χ1) is 11.4. The summed E-state index contributed by atoms with van der Waals surface area (Å²) in [6.07, 6.45) is -3.28. The number of alkyl halides is 3. The van der Waals surface area contributed by atoms with Crippen molar-refractivity contribution in [3.8, 4) is 0 Å². The standard InChI is InChI=1S/C18H28F3N3O/c1-11(2)15-10-14(23-24(15)17(3,4)5)16(25)22-13-8-6-12(7-9-13)18(19,20)21/h10-13H,6-9H2,1-5H3,(H,22,25). The molecule has 1 aromatic rings. The maximum absolute atomic E-state index is 12.7. The Bertz CT molecular complexity index is 606. The molecule has 0 saturated heterocycles. The van der Waals surface area contributed by atoms with E-state index in [0.717, 1.165) is 5.69 Å². The molecule has 7 heteroatoms. The van der Waals surface area contributed by atoms with E-state index in [-0.39, 0.29) is 36.2 Å². The third-order valence-corrected chi connectivity index (χ3v) is 4.72. The molecule has 1 heterocycles. The monoisotopic (exact) mass is 359 g/mol. The lowest BCUT2D eigenvalue weighted by Gasteiger charge is -2.30. The van der Waals surface area contributed by atoms with E-state index >= 15 is 0 Å². The van der Waals surface area contributed by atoms with Crippen molar-refractivity contribution >= 4 is 5.91 Å². The Balaban J connectivity index is 2.05. The number of nitrogens with zero attached hydrogens (tertiary/aromatic N) is 2. The van der Waals surface area contributed by atoms with Gasteiger partial charge in [-0.2, -0.15) is 18.3 Å². The largest absolute Gasteiger partial charge is 0.391 e. The van der Waals surface area contributed by atoms with Crippen LogP contribution in [-0.4, -0.2) is 27.9 Å². The molecule has 0 bridgehead atoms. The number of aromatic nitrogens is 2. The van der Waals surface area contributed by atoms with Crippen LogP contribution >= 0.6 is 0 Å². The zero-order valence-electron chi connectivity index (χ0n) is 15.6. The summed E-state index contributed by atoms with van der Waals surface area (Å²) in [5, 5.41) is 7.30. The van der Waals surface area contributed by atoms with Gasteiger partial charge in [0.05, 0.1) is 11.5 Å². The van der Waals surface area contributed by atoms with Crippen LogP contribution in [0.2, 0.25) is 0 Å². The number of nitrogens with one attached hydrogen (secondary N) is 1. The van der Waals surface area contributed by atoms with Crippen molar-refractivity contribution in [2.75, 3.05) is 0 Å². The van der Waals surface area contributed by atoms with E-state index in [1.165, 1.54) is 0 Å². The predicted octanol–water partition coefficient (Wildman–Crippen LogP) is 4.61. The first-order valence-electron chi connectivity index (χ1n) is 8.87. The lowest BCUT2D eigenvalue weighted by Crippen LogP contribution is -2.40. The summed E-state index contributed by atoms with van der Waals surface area (Å²) >= 11 is 0. The normalized spacial score (nSPS) is 22.3. The predicted molar refractivity (Wildman–Crippen MR) is 90.6 cm³/mol. The van der Waals surface area contributed by atoms with Crippen LogP contribution in [0.3, 0.4) is 0 Å². The molecule has 0 spiro atoms. The summed E-state index contributed by atoms with van der Waals surface area (Å²) in [4.78, 5) is 12.5. The van der Waals surface area contributed by atoms with E-state index in [2.05, 4.69) is 10.4 Å². The molecule has 2 rings (SSSR count). The summed E-state index contributed by atoms with van der Waals surface area (Å²) < 4.78 is 40.0. The molecule has 25 heavy (non-hydrogen) atoms. The number of rotatable bonds is 3. The highest BCUT2D eigenvalue weighted by Gasteiger charge is 2.41. The van der Waals surface area contributed by atoms with Gasteiger partial charge in [-0.1, -0.05) is 13.8 Å². The lowest BCUT2D eigenvalue weighted by molar-refractivity contribution is -0.182. The van der Waals surface area contributed by atoms with Gasteiger partial charge in [0.15, 0.2) is 0 Å². The number of carbonyl (C=O) groups excluding carboxylic acids is 1. The van der Waals surface area contributed by atoms with Gasteiger partial charge < -0.3 is 5.32 Å². The van der Waals surface area contributed by atoms with E-state index < -0.39 is 12.1 Å². The van der Waals surface area contributed by atoms with Crippen LogP contribution in [0.5, 0.6) is 0 Å². The summed E-state index contributed by atoms with van der Waals surface area (Å²) in [5.41, 5.74) is 1.05. The summed E-state index contributed by atoms with van der Waals surface area (Å²) in [5.74, 6) is -1.33. The van der Waals surface area contributed by atoms with E-state index in [9.17, 15) is 18.0 Å². The van der Waals surface area contributed by atoms with Crippen LogP contribution in [0, 0.1) is 5.92 Å². The van der Waals surface area contributed by atoms with Crippen LogP contribution < -0.4 is 5.32 Å². The number of hydrogen-bond acceptors (Lipinski definition) is 2. The maximum Gasteiger partial charge on any atom is 0.391 e. The number of carbonyl (C=O) groups is 1. The Morgan fingerprint density at radius 1 is 1.20 bits per heavy atom. The molecule has 1 N–H and O–H groups in total. The summed E-state index contributed by atoms with van der Waals surface area (Å²) in [6.45, 7) is 10.1. The molecule has 0 unspecified atom stereocenters. The Morgan fingerprint density at radius 3 is 2.16 bits per heavy atom. The van der Waals surface area contributed by atoms with Gasteiger partial charge in [-0.3, -0.25) is 9.48 Å². The fraction of sp³-hybridized carbons (Fsp3) is 0.778. The topological polar surface area (TPSA) is 46.9 Å². The van der Waals surface area contributed by atoms with Gasteiger partial charge in [0.2, 0.25) is 0 Å². The van der Waals surface area contributed by atoms with Crippen molar-refractivity contribution in [3.63, 3.8) is 0 Å². The van der Waals surface area contributed by atoms with Crippen molar-refractivity contribution in [2.45, 2.75) is 84.0 Å². The first kappa shape index (κ1) is 19.8. The summed E-state index contributed by atoms with van der Waals surface area (Å²) in [6, 6.07) is 1.57. The molecule has 0 radical (unpaired) electrons. The molecule has 0 atom stereocenters. The third kappa shape index (κ3) is 4.76. The second kappa shape index (κ2) is 7.00. The average molecular weight is 359 g/mol. The van der Waals surface area contributed by atoms with Gasteiger partial charge in [-0.05, 0) is 58.4 Å². The minimum Gasteiger partial charge on any atom is -0.348 e. The molecule has 4 nitrogen and oxygen atoms in total. The SMILES string of the molecule is CC(C)c1cc(C(=O)NC2CCC(C(F)(F)F)CC2)nn1C(C)(C)C. The van der Waals surface area contributed by atoms with Crippen molar-refractivity contribution < 1.29 is 18.0 Å². The fourth-order valence-electron chi connectivity index (χ4n) is 3.28. The molecule has 0 aromatic carbocycles. The molecule has 0 aliphatic heterocycles. The fourth-order valence-corrected chi connectivity index (χ4v) is 3.28. The molecular weight excluding hydrogens is 331 g/mol. The van der Waals surface area contributed by atoms with E-state index in [1.807, 2.05) is 39.3 Å². The quantitative estimate of drug-likeness (QED) is 0.856. The zero-order chi connectivity index (χ0) is 19.0. The van der Waals surface area contributed by atoms with Crippen molar-refractivity contribution in [1.82, 2.24) is 15.1 Å². The highest BCUT2D eigenvalue weighted by molar-refractivity contribution is 5.92. The van der Waals surface area contributed by atoms with Gasteiger partial charge >= 0.3 is 6.18 Å². The Morgan fingerprint density at radius 2 is 1.76 bits per heavy atom. The van der Waals surface area contributed by atoms with Crippen LogP contribution in [0.1, 0.15) is 82.4 Å². The Kier molecular flexibility index (Phi) is 5.54. The van der Waals surface area contributed by atoms with E-state index in [1.54, 1.807) is 6.07 Å². The van der Waals surface area contributed by atoms with Crippen molar-refractivity contribution in [2.24, 2.45) is 5.92 Å². The van der Waals surface area contributed by atoms with Crippen LogP contribution in [0.15, 0.2) is 6.07 Å². The van der Waals surface area contributed by atoms with Crippen molar-refractivity contribution in [1.29, 1.82) is 0 Å². The Hall–Kier alpha value is -1.53. The molecule has 1 amide bonds. The van der Waals surface area contributed by atoms with E-state index in [0.29, 0.717) is 18.5 Å². The van der Waals surface area contributed by atoms with Gasteiger partial charge in [0.25, 0.3) is 5.91 Å². The molecule has 1 aromatic heterocycles. The second-order valence-corrected chi connectivity index (χ2v) is 8.26. The minimum absolute atomic E-state index is 0.0715. The number of hydrogen-bond donors (Lipinski definition) is 1. The van der Waals surface area contributed by atoms with Gasteiger partial charge in [-0.25, -0.2) is 0 Å². The number of amides is 1. The molecule has 1 saturated carbocycles. The van der Waals surface area contributed by atoms with Gasteiger partial charge in [0.1, 0.15) is 5.69 Å². The molecule has 1 fully saturated rings. The number of halogens is 3. The smallest absolute Gasteiger partial charge is 0.348 e. The van der Waals surface area contributed by atoms with Crippen LogP contribution in [-0.2, 0) is 5.54 Å². The highest BCUT2D eigenvalue weighted by Crippen LogP contribution is 2.37. The molecule has 1 aliphatic carbocycles. The highest BCUT2D eigenvalue weighted by atomic mass is 19.4. The second-order valence-electron chi connectivity index (χ2n) is 8.26. The molecule has 142 valence electrons. The first-order valence-corrected chi connectivity index (χ1v) is 8.87. The van der Waals surface area contributed by atoms with Gasteiger partial charge in [0, 0.05) is 11.7 Å². The summed E-state index contributed by atoms with van der Waals surface area (Å²) in [7, 11) is 0. The average Bonchev–Trinajstić information content (AvgIpc) is 2.92. The van der Waals surface area contributed by atoms with Crippen molar-refractivity contribution in [3.05, 3.63) is 17.5 Å². The van der Waals surface area contributed by atoms with Gasteiger partial charge in [-0.15, -0.1) is 0 Å². The molecule has 1 aliphatic rings. The van der Waals surface area contributed by atoms with Crippen LogP contribution in [0.4, 0.5) is 13.2 Å². The third-order valence-electron chi connectivity index (χ3n) is 4.72. The lowest BCUT2D eigenvalue weighted by atomic mass is 9.85. The van der Waals surface area contributed by atoms with Crippen LogP contribution in [0.25, 0.3) is 0 Å². The zero-order valence-corrected chi connectivity index (χ0v) is 15.6. The molecular formula is C18H28F3N3O. The van der Waals surface area contributed by atoms with E-state index in [4.69, 9.17) is 0 Å². The minimum atomic E-state index is -4.13. The maximum atomic E-state index is 12.7.